The van der Waals surface area contributed by atoms with E-state index in [1.165, 1.54) is 18.2 Å². The predicted octanol–water partition coefficient (Wildman–Crippen LogP) is 3.91. The van der Waals surface area contributed by atoms with Gasteiger partial charge in [0.15, 0.2) is 5.58 Å². The van der Waals surface area contributed by atoms with Crippen molar-refractivity contribution in [2.24, 2.45) is 0 Å². The molecule has 2 aromatic carbocycles. The molecule has 23 heavy (non-hydrogen) atoms. The minimum absolute atomic E-state index is 0.113. The van der Waals surface area contributed by atoms with Crippen LogP contribution in [0.5, 0.6) is 0 Å². The van der Waals surface area contributed by atoms with Gasteiger partial charge in [-0.1, -0.05) is 30.9 Å². The van der Waals surface area contributed by atoms with Crippen molar-refractivity contribution in [3.8, 4) is 11.5 Å². The number of para-hydroxylation sites is 2. The summed E-state index contributed by atoms with van der Waals surface area (Å²) in [4.78, 5) is 15.8. The van der Waals surface area contributed by atoms with Gasteiger partial charge in [0, 0.05) is 5.56 Å². The Kier molecular flexibility index (Phi) is 4.19. The zero-order chi connectivity index (χ0) is 16.2. The number of carbonyl (C=O) groups excluding carboxylic acids is 1. The average Bonchev–Trinajstić information content (AvgIpc) is 2.99. The van der Waals surface area contributed by atoms with Crippen LogP contribution in [0.3, 0.4) is 0 Å². The third kappa shape index (κ3) is 3.29. The Morgan fingerprint density at radius 3 is 2.87 bits per heavy atom. The summed E-state index contributed by atoms with van der Waals surface area (Å²) in [7, 11) is 0. The van der Waals surface area contributed by atoms with Gasteiger partial charge in [-0.25, -0.2) is 9.37 Å². The highest BCUT2D eigenvalue weighted by Gasteiger charge is 2.13. The zero-order valence-electron chi connectivity index (χ0n) is 12.3. The van der Waals surface area contributed by atoms with E-state index in [0.717, 1.165) is 0 Å². The van der Waals surface area contributed by atoms with Crippen molar-refractivity contribution in [2.75, 3.05) is 6.61 Å². The van der Waals surface area contributed by atoms with E-state index in [4.69, 9.17) is 9.15 Å². The summed E-state index contributed by atoms with van der Waals surface area (Å²) >= 11 is 0. The standard InChI is InChI=1S/C18H14FNO3/c1-2-9-22-17(21)11-12-7-8-13(10-14(12)19)18-20-15-5-3-4-6-16(15)23-18/h2-8,10H,1,9,11H2. The fourth-order valence-corrected chi connectivity index (χ4v) is 2.18. The van der Waals surface area contributed by atoms with Crippen molar-refractivity contribution in [2.45, 2.75) is 6.42 Å². The van der Waals surface area contributed by atoms with Crippen molar-refractivity contribution < 1.29 is 18.3 Å². The topological polar surface area (TPSA) is 52.3 Å². The molecule has 0 amide bonds. The quantitative estimate of drug-likeness (QED) is 0.529. The number of nitrogens with zero attached hydrogens (tertiary/aromatic N) is 1. The summed E-state index contributed by atoms with van der Waals surface area (Å²) in [5, 5.41) is 0. The van der Waals surface area contributed by atoms with E-state index in [1.807, 2.05) is 18.2 Å². The smallest absolute Gasteiger partial charge is 0.310 e. The molecule has 0 fully saturated rings. The number of aromatic nitrogens is 1. The largest absolute Gasteiger partial charge is 0.461 e. The molecule has 3 aromatic rings. The van der Waals surface area contributed by atoms with Crippen molar-refractivity contribution >= 4 is 17.1 Å². The molecule has 116 valence electrons. The molecule has 0 aliphatic carbocycles. The molecule has 0 spiro atoms. The summed E-state index contributed by atoms with van der Waals surface area (Å²) < 4.78 is 24.6. The summed E-state index contributed by atoms with van der Waals surface area (Å²) in [5.41, 5.74) is 2.13. The first-order valence-electron chi connectivity index (χ1n) is 7.08. The second kappa shape index (κ2) is 6.44. The van der Waals surface area contributed by atoms with Gasteiger partial charge >= 0.3 is 5.97 Å². The number of oxazole rings is 1. The van der Waals surface area contributed by atoms with Crippen LogP contribution in [0.4, 0.5) is 4.39 Å². The van der Waals surface area contributed by atoms with Gasteiger partial charge in [0.1, 0.15) is 17.9 Å². The van der Waals surface area contributed by atoms with E-state index >= 15 is 0 Å². The SMILES string of the molecule is C=CCOC(=O)Cc1ccc(-c2nc3ccccc3o2)cc1F. The van der Waals surface area contributed by atoms with Crippen molar-refractivity contribution in [3.05, 3.63) is 66.5 Å². The van der Waals surface area contributed by atoms with Gasteiger partial charge in [0.2, 0.25) is 5.89 Å². The third-order valence-electron chi connectivity index (χ3n) is 3.29. The number of hydrogen-bond acceptors (Lipinski definition) is 4. The van der Waals surface area contributed by atoms with Gasteiger partial charge in [-0.05, 0) is 29.8 Å². The van der Waals surface area contributed by atoms with E-state index < -0.39 is 11.8 Å². The Balaban J connectivity index is 1.83. The summed E-state index contributed by atoms with van der Waals surface area (Å²) in [6.45, 7) is 3.56. The van der Waals surface area contributed by atoms with Gasteiger partial charge in [-0.3, -0.25) is 4.79 Å². The number of ether oxygens (including phenoxy) is 1. The van der Waals surface area contributed by atoms with Crippen molar-refractivity contribution in [3.63, 3.8) is 0 Å². The molecule has 0 unspecified atom stereocenters. The van der Waals surface area contributed by atoms with Gasteiger partial charge in [-0.2, -0.15) is 0 Å². The summed E-state index contributed by atoms with van der Waals surface area (Å²) in [5.74, 6) is -0.662. The van der Waals surface area contributed by atoms with E-state index in [0.29, 0.717) is 22.6 Å². The molecular formula is C18H14FNO3. The van der Waals surface area contributed by atoms with Crippen LogP contribution in [0.25, 0.3) is 22.6 Å². The molecule has 0 atom stereocenters. The molecule has 0 aliphatic rings. The third-order valence-corrected chi connectivity index (χ3v) is 3.29. The zero-order valence-corrected chi connectivity index (χ0v) is 12.3. The predicted molar refractivity (Wildman–Crippen MR) is 84.3 cm³/mol. The maximum atomic E-state index is 14.2. The first-order valence-corrected chi connectivity index (χ1v) is 7.08. The lowest BCUT2D eigenvalue weighted by Crippen LogP contribution is -2.09. The fraction of sp³-hybridized carbons (Fsp3) is 0.111. The fourth-order valence-electron chi connectivity index (χ4n) is 2.18. The number of halogens is 1. The highest BCUT2D eigenvalue weighted by molar-refractivity contribution is 5.76. The molecule has 0 N–H and O–H groups in total. The van der Waals surface area contributed by atoms with Crippen LogP contribution in [0.2, 0.25) is 0 Å². The Morgan fingerprint density at radius 1 is 1.30 bits per heavy atom. The van der Waals surface area contributed by atoms with Gasteiger partial charge in [0.05, 0.1) is 6.42 Å². The van der Waals surface area contributed by atoms with E-state index in [1.54, 1.807) is 12.1 Å². The lowest BCUT2D eigenvalue weighted by atomic mass is 10.1. The molecule has 5 heteroatoms. The monoisotopic (exact) mass is 311 g/mol. The lowest BCUT2D eigenvalue weighted by molar-refractivity contribution is -0.141. The van der Waals surface area contributed by atoms with Crippen LogP contribution < -0.4 is 0 Å². The molecule has 0 aliphatic heterocycles. The van der Waals surface area contributed by atoms with Crippen LogP contribution in [-0.2, 0) is 16.0 Å². The van der Waals surface area contributed by atoms with E-state index in [9.17, 15) is 9.18 Å². The first kappa shape index (κ1) is 15.0. The highest BCUT2D eigenvalue weighted by Crippen LogP contribution is 2.25. The van der Waals surface area contributed by atoms with Crippen LogP contribution in [0.15, 0.2) is 59.5 Å². The van der Waals surface area contributed by atoms with E-state index in [2.05, 4.69) is 11.6 Å². The number of benzene rings is 2. The minimum Gasteiger partial charge on any atom is -0.461 e. The number of carbonyl (C=O) groups is 1. The highest BCUT2D eigenvalue weighted by atomic mass is 19.1. The molecule has 3 rings (SSSR count). The average molecular weight is 311 g/mol. The second-order valence-corrected chi connectivity index (χ2v) is 4.94. The van der Waals surface area contributed by atoms with Gasteiger partial charge in [-0.15, -0.1) is 0 Å². The Morgan fingerprint density at radius 2 is 2.13 bits per heavy atom. The number of fused-ring (bicyclic) bond motifs is 1. The van der Waals surface area contributed by atoms with Crippen molar-refractivity contribution in [1.29, 1.82) is 0 Å². The van der Waals surface area contributed by atoms with Crippen LogP contribution >= 0.6 is 0 Å². The Bertz CT molecular complexity index is 837. The van der Waals surface area contributed by atoms with Crippen molar-refractivity contribution in [1.82, 2.24) is 4.98 Å². The lowest BCUT2D eigenvalue weighted by Gasteiger charge is -2.04. The maximum absolute atomic E-state index is 14.2. The van der Waals surface area contributed by atoms with Gasteiger partial charge < -0.3 is 9.15 Å². The number of esters is 1. The van der Waals surface area contributed by atoms with E-state index in [-0.39, 0.29) is 18.6 Å². The molecule has 0 saturated carbocycles. The molecule has 1 heterocycles. The maximum Gasteiger partial charge on any atom is 0.310 e. The number of hydrogen-bond donors (Lipinski definition) is 0. The van der Waals surface area contributed by atoms with Crippen LogP contribution in [-0.4, -0.2) is 17.6 Å². The summed E-state index contributed by atoms with van der Waals surface area (Å²) in [6.07, 6.45) is 1.33. The molecular weight excluding hydrogens is 297 g/mol. The molecule has 1 aromatic heterocycles. The normalized spacial score (nSPS) is 10.7. The van der Waals surface area contributed by atoms with Crippen LogP contribution in [0.1, 0.15) is 5.56 Å². The Hall–Kier alpha value is -2.95. The van der Waals surface area contributed by atoms with Gasteiger partial charge in [0.25, 0.3) is 0 Å². The molecule has 4 nitrogen and oxygen atoms in total. The molecule has 0 saturated heterocycles. The number of rotatable bonds is 5. The first-order chi connectivity index (χ1) is 11.2. The molecule has 0 radical (unpaired) electrons. The molecule has 0 bridgehead atoms. The summed E-state index contributed by atoms with van der Waals surface area (Å²) in [6, 6.07) is 11.8. The Labute approximate surface area is 132 Å². The second-order valence-electron chi connectivity index (χ2n) is 4.94. The minimum atomic E-state index is -0.501. The van der Waals surface area contributed by atoms with Crippen LogP contribution in [0, 0.1) is 5.82 Å².